The van der Waals surface area contributed by atoms with Crippen LogP contribution in [0.4, 0.5) is 5.69 Å². The van der Waals surface area contributed by atoms with E-state index in [-0.39, 0.29) is 0 Å². The van der Waals surface area contributed by atoms with Gasteiger partial charge >= 0.3 is 0 Å². The van der Waals surface area contributed by atoms with Crippen molar-refractivity contribution in [3.05, 3.63) is 34.9 Å². The van der Waals surface area contributed by atoms with Gasteiger partial charge in [-0.15, -0.1) is 0 Å². The van der Waals surface area contributed by atoms with Gasteiger partial charge in [-0.2, -0.15) is 5.26 Å². The maximum absolute atomic E-state index is 8.84. The maximum atomic E-state index is 8.84. The van der Waals surface area contributed by atoms with E-state index in [2.05, 4.69) is 23.1 Å². The standard InChI is InChI=1S/C11H10N2S/c1-8(7-12)11-13(2)9-5-3-4-6-10(9)14-11/h3-6H,1-2H3/b11-8-. The summed E-state index contributed by atoms with van der Waals surface area (Å²) in [6.45, 7) is 1.85. The molecule has 0 atom stereocenters. The highest BCUT2D eigenvalue weighted by atomic mass is 32.2. The van der Waals surface area contributed by atoms with E-state index in [0.29, 0.717) is 0 Å². The van der Waals surface area contributed by atoms with Crippen LogP contribution in [0.25, 0.3) is 0 Å². The molecule has 2 rings (SSSR count). The third-order valence-electron chi connectivity index (χ3n) is 2.23. The number of rotatable bonds is 0. The molecule has 1 aliphatic heterocycles. The number of fused-ring (bicyclic) bond motifs is 1. The van der Waals surface area contributed by atoms with Crippen LogP contribution in [0.5, 0.6) is 0 Å². The molecular formula is C11H10N2S. The number of nitrogens with zero attached hydrogens (tertiary/aromatic N) is 2. The second-order valence-corrected chi connectivity index (χ2v) is 4.20. The average molecular weight is 202 g/mol. The number of hydrogen-bond donors (Lipinski definition) is 0. The summed E-state index contributed by atoms with van der Waals surface area (Å²) < 4.78 is 0. The lowest BCUT2D eigenvalue weighted by molar-refractivity contribution is 1.15. The first-order chi connectivity index (χ1) is 6.74. The summed E-state index contributed by atoms with van der Waals surface area (Å²) >= 11 is 1.66. The summed E-state index contributed by atoms with van der Waals surface area (Å²) in [6, 6.07) is 10.4. The molecule has 0 unspecified atom stereocenters. The highest BCUT2D eigenvalue weighted by Crippen LogP contribution is 2.45. The molecule has 0 spiro atoms. The van der Waals surface area contributed by atoms with Gasteiger partial charge < -0.3 is 4.90 Å². The fraction of sp³-hybridized carbons (Fsp3) is 0.182. The number of anilines is 1. The molecule has 1 heterocycles. The molecule has 0 fully saturated rings. The summed E-state index contributed by atoms with van der Waals surface area (Å²) in [4.78, 5) is 3.29. The number of benzene rings is 1. The van der Waals surface area contributed by atoms with Gasteiger partial charge in [-0.1, -0.05) is 23.9 Å². The Morgan fingerprint density at radius 2 is 2.14 bits per heavy atom. The minimum atomic E-state index is 0.772. The third kappa shape index (κ3) is 1.28. The maximum Gasteiger partial charge on any atom is 0.0971 e. The molecule has 1 aromatic carbocycles. The van der Waals surface area contributed by atoms with Crippen LogP contribution in [0.15, 0.2) is 39.8 Å². The lowest BCUT2D eigenvalue weighted by Crippen LogP contribution is -2.10. The van der Waals surface area contributed by atoms with E-state index in [9.17, 15) is 0 Å². The quantitative estimate of drug-likeness (QED) is 0.605. The van der Waals surface area contributed by atoms with E-state index in [0.717, 1.165) is 10.6 Å². The molecule has 0 amide bonds. The Labute approximate surface area is 87.8 Å². The van der Waals surface area contributed by atoms with Crippen molar-refractivity contribution >= 4 is 17.4 Å². The SMILES string of the molecule is C/C(C#N)=C1/Sc2ccccc2N1C. The Morgan fingerprint density at radius 3 is 2.79 bits per heavy atom. The molecule has 70 valence electrons. The van der Waals surface area contributed by atoms with Gasteiger partial charge in [0.05, 0.1) is 22.4 Å². The minimum absolute atomic E-state index is 0.772. The smallest absolute Gasteiger partial charge is 0.0971 e. The molecule has 0 bridgehead atoms. The fourth-order valence-corrected chi connectivity index (χ4v) is 2.58. The first kappa shape index (κ1) is 9.17. The molecule has 1 aromatic rings. The van der Waals surface area contributed by atoms with E-state index < -0.39 is 0 Å². The first-order valence-electron chi connectivity index (χ1n) is 4.35. The van der Waals surface area contributed by atoms with Crippen molar-refractivity contribution in [2.24, 2.45) is 0 Å². The molecule has 3 heteroatoms. The van der Waals surface area contributed by atoms with E-state index in [4.69, 9.17) is 5.26 Å². The van der Waals surface area contributed by atoms with E-state index >= 15 is 0 Å². The number of nitriles is 1. The summed E-state index contributed by atoms with van der Waals surface area (Å²) in [5.74, 6) is 0. The van der Waals surface area contributed by atoms with Crippen molar-refractivity contribution in [2.45, 2.75) is 11.8 Å². The molecule has 1 aliphatic rings. The van der Waals surface area contributed by atoms with Crippen molar-refractivity contribution in [2.75, 3.05) is 11.9 Å². The van der Waals surface area contributed by atoms with Crippen molar-refractivity contribution in [1.29, 1.82) is 5.26 Å². The van der Waals surface area contributed by atoms with Crippen molar-refractivity contribution in [3.8, 4) is 6.07 Å². The number of hydrogen-bond acceptors (Lipinski definition) is 3. The van der Waals surface area contributed by atoms with Crippen LogP contribution in [-0.2, 0) is 0 Å². The zero-order valence-corrected chi connectivity index (χ0v) is 8.93. The molecule has 2 nitrogen and oxygen atoms in total. The monoisotopic (exact) mass is 202 g/mol. The van der Waals surface area contributed by atoms with Crippen LogP contribution in [0.1, 0.15) is 6.92 Å². The summed E-state index contributed by atoms with van der Waals surface area (Å²) in [5, 5.41) is 9.88. The lowest BCUT2D eigenvalue weighted by Gasteiger charge is -2.13. The van der Waals surface area contributed by atoms with Gasteiger partial charge in [-0.3, -0.25) is 0 Å². The zero-order chi connectivity index (χ0) is 10.1. The Kier molecular flexibility index (Phi) is 2.22. The van der Waals surface area contributed by atoms with Gasteiger partial charge in [0, 0.05) is 11.9 Å². The predicted molar refractivity (Wildman–Crippen MR) is 59.0 cm³/mol. The van der Waals surface area contributed by atoms with Gasteiger partial charge in [0.25, 0.3) is 0 Å². The van der Waals surface area contributed by atoms with E-state index in [1.165, 1.54) is 10.6 Å². The molecule has 0 aromatic heterocycles. The van der Waals surface area contributed by atoms with Gasteiger partial charge in [-0.05, 0) is 19.1 Å². The molecule has 0 saturated heterocycles. The number of para-hydroxylation sites is 1. The van der Waals surface area contributed by atoms with Crippen LogP contribution in [0, 0.1) is 11.3 Å². The van der Waals surface area contributed by atoms with E-state index in [1.54, 1.807) is 11.8 Å². The highest BCUT2D eigenvalue weighted by molar-refractivity contribution is 8.03. The Bertz CT molecular complexity index is 443. The Hall–Kier alpha value is -1.40. The largest absolute Gasteiger partial charge is 0.337 e. The highest BCUT2D eigenvalue weighted by Gasteiger charge is 2.22. The van der Waals surface area contributed by atoms with Crippen LogP contribution < -0.4 is 4.90 Å². The molecule has 0 N–H and O–H groups in total. The molecule has 0 saturated carbocycles. The second-order valence-electron chi connectivity index (χ2n) is 3.17. The minimum Gasteiger partial charge on any atom is -0.337 e. The van der Waals surface area contributed by atoms with Gasteiger partial charge in [-0.25, -0.2) is 0 Å². The molecule has 14 heavy (non-hydrogen) atoms. The second kappa shape index (κ2) is 3.39. The summed E-state index contributed by atoms with van der Waals surface area (Å²) in [5.41, 5.74) is 1.95. The Morgan fingerprint density at radius 1 is 1.43 bits per heavy atom. The van der Waals surface area contributed by atoms with Gasteiger partial charge in [0.2, 0.25) is 0 Å². The van der Waals surface area contributed by atoms with Crippen molar-refractivity contribution in [1.82, 2.24) is 0 Å². The van der Waals surface area contributed by atoms with Crippen LogP contribution in [0.3, 0.4) is 0 Å². The summed E-state index contributed by atoms with van der Waals surface area (Å²) in [6.07, 6.45) is 0. The van der Waals surface area contributed by atoms with Crippen molar-refractivity contribution < 1.29 is 0 Å². The molecular weight excluding hydrogens is 192 g/mol. The zero-order valence-electron chi connectivity index (χ0n) is 8.11. The Balaban J connectivity index is 2.50. The molecule has 0 radical (unpaired) electrons. The van der Waals surface area contributed by atoms with E-state index in [1.807, 2.05) is 26.1 Å². The first-order valence-corrected chi connectivity index (χ1v) is 5.17. The van der Waals surface area contributed by atoms with Crippen LogP contribution in [-0.4, -0.2) is 7.05 Å². The fourth-order valence-electron chi connectivity index (χ4n) is 1.48. The lowest BCUT2D eigenvalue weighted by atomic mass is 10.3. The van der Waals surface area contributed by atoms with Gasteiger partial charge in [0.15, 0.2) is 0 Å². The third-order valence-corrected chi connectivity index (χ3v) is 3.56. The predicted octanol–water partition coefficient (Wildman–Crippen LogP) is 2.98. The topological polar surface area (TPSA) is 27.0 Å². The number of thioether (sulfide) groups is 1. The number of allylic oxidation sites excluding steroid dienone is 1. The van der Waals surface area contributed by atoms with Crippen LogP contribution >= 0.6 is 11.8 Å². The van der Waals surface area contributed by atoms with Crippen LogP contribution in [0.2, 0.25) is 0 Å². The average Bonchev–Trinajstić information content (AvgIpc) is 2.56. The van der Waals surface area contributed by atoms with Gasteiger partial charge in [0.1, 0.15) is 0 Å². The molecule has 0 aliphatic carbocycles. The van der Waals surface area contributed by atoms with Crippen molar-refractivity contribution in [3.63, 3.8) is 0 Å². The normalized spacial score (nSPS) is 17.6. The summed E-state index contributed by atoms with van der Waals surface area (Å²) in [7, 11) is 2.00.